The first kappa shape index (κ1) is 26.3. The molecule has 8 heteroatoms. The van der Waals surface area contributed by atoms with Crippen LogP contribution in [-0.2, 0) is 9.53 Å². The third-order valence-corrected chi connectivity index (χ3v) is 8.11. The average Bonchev–Trinajstić information content (AvgIpc) is 3.14. The lowest BCUT2D eigenvalue weighted by molar-refractivity contribution is -0.124. The quantitative estimate of drug-likeness (QED) is 0.430. The van der Waals surface area contributed by atoms with E-state index < -0.39 is 0 Å². The van der Waals surface area contributed by atoms with Gasteiger partial charge in [0.2, 0.25) is 11.9 Å². The van der Waals surface area contributed by atoms with Gasteiger partial charge in [-0.2, -0.15) is 0 Å². The normalized spacial score (nSPS) is 23.7. The summed E-state index contributed by atoms with van der Waals surface area (Å²) in [5.74, 6) is 1.54. The molecule has 3 saturated heterocycles. The first-order chi connectivity index (χ1) is 17.1. The lowest BCUT2D eigenvalue weighted by Gasteiger charge is -2.39. The summed E-state index contributed by atoms with van der Waals surface area (Å²) in [6.07, 6.45) is 16.6. The summed E-state index contributed by atoms with van der Waals surface area (Å²) < 4.78 is 4.82. The standard InChI is InChI=1S/C27H46N6O2/c1-31-19-24-9-10-25(20-31)33(24)27-29-17-23(18-30-27)22-11-15-32(16-12-22)14-8-6-4-3-5-7-13-28-26(34)21-35-2/h17-18,22,24-25H,3-16,19-21H2,1-2H3,(H,28,34). The Balaban J connectivity index is 1.07. The largest absolute Gasteiger partial charge is 0.375 e. The number of fused-ring (bicyclic) bond motifs is 2. The summed E-state index contributed by atoms with van der Waals surface area (Å²) in [4.78, 5) is 28.6. The number of unbranched alkanes of at least 4 members (excludes halogenated alkanes) is 5. The minimum atomic E-state index is -0.0156. The molecule has 8 nitrogen and oxygen atoms in total. The number of hydrogen-bond acceptors (Lipinski definition) is 7. The van der Waals surface area contributed by atoms with Crippen molar-refractivity contribution >= 4 is 11.9 Å². The first-order valence-corrected chi connectivity index (χ1v) is 13.9. The van der Waals surface area contributed by atoms with Crippen molar-refractivity contribution in [1.29, 1.82) is 0 Å². The van der Waals surface area contributed by atoms with Crippen LogP contribution in [0.15, 0.2) is 12.4 Å². The Morgan fingerprint density at radius 3 is 2.26 bits per heavy atom. The molecular weight excluding hydrogens is 440 g/mol. The van der Waals surface area contributed by atoms with Gasteiger partial charge in [0.05, 0.1) is 0 Å². The van der Waals surface area contributed by atoms with Crippen molar-refractivity contribution in [2.75, 3.05) is 64.9 Å². The van der Waals surface area contributed by atoms with E-state index >= 15 is 0 Å². The number of piperazine rings is 1. The number of carbonyl (C=O) groups excluding carboxylic acids is 1. The number of likely N-dealkylation sites (tertiary alicyclic amines) is 2. The van der Waals surface area contributed by atoms with E-state index in [9.17, 15) is 4.79 Å². The second kappa shape index (κ2) is 13.5. The van der Waals surface area contributed by atoms with Crippen molar-refractivity contribution in [3.63, 3.8) is 0 Å². The number of nitrogens with one attached hydrogen (secondary N) is 1. The molecule has 3 fully saturated rings. The predicted octanol–water partition coefficient (Wildman–Crippen LogP) is 3.04. The topological polar surface area (TPSA) is 73.8 Å². The molecule has 1 aromatic heterocycles. The number of ether oxygens (including phenoxy) is 1. The van der Waals surface area contributed by atoms with Crippen LogP contribution in [0.25, 0.3) is 0 Å². The molecule has 4 rings (SSSR count). The number of methoxy groups -OCH3 is 1. The van der Waals surface area contributed by atoms with Crippen LogP contribution < -0.4 is 10.2 Å². The van der Waals surface area contributed by atoms with Crippen molar-refractivity contribution in [2.45, 2.75) is 82.2 Å². The number of piperidine rings is 1. The molecular formula is C27H46N6O2. The molecule has 0 aliphatic carbocycles. The smallest absolute Gasteiger partial charge is 0.245 e. The Bertz CT molecular complexity index is 753. The van der Waals surface area contributed by atoms with Gasteiger partial charge in [0.25, 0.3) is 0 Å². The Kier molecular flexibility index (Phi) is 10.2. The zero-order valence-electron chi connectivity index (χ0n) is 22.0. The van der Waals surface area contributed by atoms with Gasteiger partial charge in [0.1, 0.15) is 6.61 Å². The van der Waals surface area contributed by atoms with Crippen LogP contribution in [0, 0.1) is 0 Å². The zero-order valence-corrected chi connectivity index (χ0v) is 22.0. The van der Waals surface area contributed by atoms with E-state index in [2.05, 4.69) is 39.5 Å². The summed E-state index contributed by atoms with van der Waals surface area (Å²) in [6, 6.07) is 1.17. The second-order valence-electron chi connectivity index (χ2n) is 10.9. The summed E-state index contributed by atoms with van der Waals surface area (Å²) in [7, 11) is 3.78. The zero-order chi connectivity index (χ0) is 24.5. The molecule has 2 unspecified atom stereocenters. The highest BCUT2D eigenvalue weighted by Crippen LogP contribution is 2.33. The molecule has 196 valence electrons. The molecule has 3 aliphatic heterocycles. The van der Waals surface area contributed by atoms with Gasteiger partial charge in [-0.05, 0) is 76.7 Å². The van der Waals surface area contributed by atoms with E-state index in [1.54, 1.807) is 7.11 Å². The highest BCUT2D eigenvalue weighted by molar-refractivity contribution is 5.77. The van der Waals surface area contributed by atoms with Crippen LogP contribution in [0.3, 0.4) is 0 Å². The molecule has 1 aromatic rings. The average molecular weight is 487 g/mol. The van der Waals surface area contributed by atoms with E-state index in [1.165, 1.54) is 83.0 Å². The van der Waals surface area contributed by atoms with Gasteiger partial charge < -0.3 is 24.8 Å². The van der Waals surface area contributed by atoms with Gasteiger partial charge in [-0.25, -0.2) is 9.97 Å². The van der Waals surface area contributed by atoms with Crippen LogP contribution >= 0.6 is 0 Å². The number of nitrogens with zero attached hydrogens (tertiary/aromatic N) is 5. The highest BCUT2D eigenvalue weighted by atomic mass is 16.5. The Morgan fingerprint density at radius 1 is 0.971 bits per heavy atom. The van der Waals surface area contributed by atoms with Crippen molar-refractivity contribution in [1.82, 2.24) is 25.1 Å². The predicted molar refractivity (Wildman–Crippen MR) is 140 cm³/mol. The third-order valence-electron chi connectivity index (χ3n) is 8.11. The van der Waals surface area contributed by atoms with Crippen LogP contribution in [0.1, 0.15) is 75.7 Å². The summed E-state index contributed by atoms with van der Waals surface area (Å²) >= 11 is 0. The highest BCUT2D eigenvalue weighted by Gasteiger charge is 2.40. The molecule has 4 heterocycles. The van der Waals surface area contributed by atoms with E-state index in [-0.39, 0.29) is 12.5 Å². The maximum absolute atomic E-state index is 11.3. The fourth-order valence-electron chi connectivity index (χ4n) is 6.18. The Labute approximate surface area is 211 Å². The molecule has 1 amide bonds. The molecule has 1 N–H and O–H groups in total. The molecule has 0 aromatic carbocycles. The van der Waals surface area contributed by atoms with Crippen LogP contribution in [0.5, 0.6) is 0 Å². The number of rotatable bonds is 13. The number of aromatic nitrogens is 2. The SMILES string of the molecule is COCC(=O)NCCCCCCCCN1CCC(c2cnc(N3C4CCC3CN(C)C4)nc2)CC1. The van der Waals surface area contributed by atoms with Crippen molar-refractivity contribution in [3.05, 3.63) is 18.0 Å². The fourth-order valence-corrected chi connectivity index (χ4v) is 6.18. The van der Waals surface area contributed by atoms with E-state index in [4.69, 9.17) is 14.7 Å². The maximum atomic E-state index is 11.3. The van der Waals surface area contributed by atoms with E-state index in [1.807, 2.05) is 0 Å². The van der Waals surface area contributed by atoms with E-state index in [0.717, 1.165) is 32.0 Å². The number of anilines is 1. The summed E-state index contributed by atoms with van der Waals surface area (Å²) in [6.45, 7) is 6.80. The van der Waals surface area contributed by atoms with Gasteiger partial charge >= 0.3 is 0 Å². The number of carbonyl (C=O) groups is 1. The van der Waals surface area contributed by atoms with Gasteiger partial charge in [0, 0.05) is 51.2 Å². The first-order valence-electron chi connectivity index (χ1n) is 13.9. The monoisotopic (exact) mass is 486 g/mol. The maximum Gasteiger partial charge on any atom is 0.245 e. The lowest BCUT2D eigenvalue weighted by Crippen LogP contribution is -2.53. The second-order valence-corrected chi connectivity index (χ2v) is 10.9. The molecule has 0 radical (unpaired) electrons. The molecule has 35 heavy (non-hydrogen) atoms. The molecule has 0 spiro atoms. The van der Waals surface area contributed by atoms with Gasteiger partial charge in [-0.1, -0.05) is 25.7 Å². The fraction of sp³-hybridized carbons (Fsp3) is 0.815. The number of amides is 1. The number of hydrogen-bond donors (Lipinski definition) is 1. The summed E-state index contributed by atoms with van der Waals surface area (Å²) in [5, 5.41) is 2.89. The van der Waals surface area contributed by atoms with Gasteiger partial charge in [-0.3, -0.25) is 4.79 Å². The Morgan fingerprint density at radius 2 is 1.60 bits per heavy atom. The van der Waals surface area contributed by atoms with Crippen molar-refractivity contribution < 1.29 is 9.53 Å². The van der Waals surface area contributed by atoms with Crippen LogP contribution in [-0.4, -0.2) is 97.8 Å². The number of likely N-dealkylation sites (N-methyl/N-ethyl adjacent to an activating group) is 1. The van der Waals surface area contributed by atoms with Gasteiger partial charge in [-0.15, -0.1) is 0 Å². The van der Waals surface area contributed by atoms with Crippen LogP contribution in [0.4, 0.5) is 5.95 Å². The van der Waals surface area contributed by atoms with Gasteiger partial charge in [0.15, 0.2) is 0 Å². The molecule has 0 saturated carbocycles. The molecule has 2 bridgehead atoms. The minimum absolute atomic E-state index is 0.0156. The Hall–Kier alpha value is -1.77. The molecule has 2 atom stereocenters. The third kappa shape index (κ3) is 7.61. The summed E-state index contributed by atoms with van der Waals surface area (Å²) in [5.41, 5.74) is 1.33. The minimum Gasteiger partial charge on any atom is -0.375 e. The molecule has 3 aliphatic rings. The van der Waals surface area contributed by atoms with Crippen LogP contribution in [0.2, 0.25) is 0 Å². The lowest BCUT2D eigenvalue weighted by atomic mass is 9.91. The van der Waals surface area contributed by atoms with E-state index in [0.29, 0.717) is 18.0 Å². The van der Waals surface area contributed by atoms with Crippen molar-refractivity contribution in [2.24, 2.45) is 0 Å². The van der Waals surface area contributed by atoms with Crippen molar-refractivity contribution in [3.8, 4) is 0 Å².